The molecule has 0 aromatic carbocycles. The molecular weight excluding hydrogens is 258 g/mol. The van der Waals surface area contributed by atoms with Crippen molar-refractivity contribution in [3.05, 3.63) is 17.5 Å². The first-order valence-electron chi connectivity index (χ1n) is 6.98. The Bertz CT molecular complexity index is 524. The second-order valence-corrected chi connectivity index (χ2v) is 5.68. The number of aromatic nitrogens is 2. The van der Waals surface area contributed by atoms with Gasteiger partial charge < -0.3 is 10.4 Å². The maximum Gasteiger partial charge on any atom is 0.339 e. The van der Waals surface area contributed by atoms with Gasteiger partial charge in [0, 0.05) is 13.1 Å². The highest BCUT2D eigenvalue weighted by molar-refractivity contribution is 6.03. The van der Waals surface area contributed by atoms with Gasteiger partial charge >= 0.3 is 5.97 Å². The minimum atomic E-state index is -1.13. The second-order valence-electron chi connectivity index (χ2n) is 5.68. The molecule has 1 fully saturated rings. The van der Waals surface area contributed by atoms with E-state index in [1.54, 1.807) is 7.05 Å². The van der Waals surface area contributed by atoms with Crippen molar-refractivity contribution in [3.63, 3.8) is 0 Å². The number of carboxylic acids is 1. The summed E-state index contributed by atoms with van der Waals surface area (Å²) in [5.74, 6) is -0.518. The van der Waals surface area contributed by atoms with Crippen LogP contribution in [0, 0.1) is 11.8 Å². The van der Waals surface area contributed by atoms with Gasteiger partial charge in [0.2, 0.25) is 0 Å². The van der Waals surface area contributed by atoms with Gasteiger partial charge in [-0.1, -0.05) is 26.7 Å². The molecule has 1 amide bonds. The van der Waals surface area contributed by atoms with Crippen LogP contribution in [0.25, 0.3) is 0 Å². The van der Waals surface area contributed by atoms with Crippen molar-refractivity contribution in [1.29, 1.82) is 0 Å². The van der Waals surface area contributed by atoms with Crippen molar-refractivity contribution in [2.24, 2.45) is 18.9 Å². The Kier molecular flexibility index (Phi) is 4.11. The highest BCUT2D eigenvalue weighted by Gasteiger charge is 2.30. The molecule has 1 heterocycles. The smallest absolute Gasteiger partial charge is 0.339 e. The highest BCUT2D eigenvalue weighted by atomic mass is 16.4. The predicted octanol–water partition coefficient (Wildman–Crippen LogP) is 1.67. The fourth-order valence-corrected chi connectivity index (χ4v) is 2.89. The summed E-state index contributed by atoms with van der Waals surface area (Å²) in [7, 11) is 1.58. The van der Waals surface area contributed by atoms with E-state index in [4.69, 9.17) is 5.11 Å². The first kappa shape index (κ1) is 14.6. The molecule has 3 atom stereocenters. The third-order valence-corrected chi connectivity index (χ3v) is 4.41. The number of nitrogens with one attached hydrogen (secondary N) is 1. The molecule has 1 aliphatic carbocycles. The molecule has 1 saturated carbocycles. The summed E-state index contributed by atoms with van der Waals surface area (Å²) in [4.78, 5) is 23.5. The molecule has 0 unspecified atom stereocenters. The lowest BCUT2D eigenvalue weighted by atomic mass is 9.78. The van der Waals surface area contributed by atoms with Crippen LogP contribution in [0.1, 0.15) is 54.0 Å². The van der Waals surface area contributed by atoms with Crippen LogP contribution in [-0.2, 0) is 7.05 Å². The van der Waals surface area contributed by atoms with Gasteiger partial charge in [-0.2, -0.15) is 5.10 Å². The van der Waals surface area contributed by atoms with Crippen molar-refractivity contribution in [1.82, 2.24) is 15.1 Å². The second kappa shape index (κ2) is 5.64. The van der Waals surface area contributed by atoms with E-state index in [1.165, 1.54) is 17.3 Å². The molecule has 0 radical (unpaired) electrons. The van der Waals surface area contributed by atoms with Gasteiger partial charge in [-0.15, -0.1) is 0 Å². The Balaban J connectivity index is 2.16. The average molecular weight is 279 g/mol. The van der Waals surface area contributed by atoms with Gasteiger partial charge in [-0.25, -0.2) is 4.79 Å². The molecule has 6 nitrogen and oxygen atoms in total. The van der Waals surface area contributed by atoms with Crippen LogP contribution in [-0.4, -0.2) is 32.8 Å². The topological polar surface area (TPSA) is 84.2 Å². The standard InChI is InChI=1S/C14H21N3O3/c1-8-5-4-6-11(9(8)2)16-13(18)12-10(14(19)20)7-15-17(12)3/h7-9,11H,4-6H2,1-3H3,(H,16,18)(H,19,20)/t8-,9+,11+/m1/s1. The van der Waals surface area contributed by atoms with Crippen LogP contribution >= 0.6 is 0 Å². The molecule has 110 valence electrons. The Labute approximate surface area is 118 Å². The lowest BCUT2D eigenvalue weighted by molar-refractivity contribution is 0.0688. The van der Waals surface area contributed by atoms with Crippen molar-refractivity contribution >= 4 is 11.9 Å². The van der Waals surface area contributed by atoms with Gasteiger partial charge in [0.15, 0.2) is 0 Å². The third-order valence-electron chi connectivity index (χ3n) is 4.41. The van der Waals surface area contributed by atoms with E-state index in [0.717, 1.165) is 12.8 Å². The molecule has 2 N–H and O–H groups in total. The third kappa shape index (κ3) is 2.69. The molecule has 20 heavy (non-hydrogen) atoms. The number of carbonyl (C=O) groups excluding carboxylic acids is 1. The zero-order valence-electron chi connectivity index (χ0n) is 12.1. The van der Waals surface area contributed by atoms with Gasteiger partial charge in [-0.05, 0) is 18.3 Å². The van der Waals surface area contributed by atoms with E-state index in [1.807, 2.05) is 0 Å². The van der Waals surface area contributed by atoms with Crippen molar-refractivity contribution in [3.8, 4) is 0 Å². The largest absolute Gasteiger partial charge is 0.478 e. The molecule has 1 aromatic heterocycles. The molecule has 2 rings (SSSR count). The summed E-state index contributed by atoms with van der Waals surface area (Å²) in [5.41, 5.74) is 0.0597. The molecule has 1 aliphatic rings. The minimum Gasteiger partial charge on any atom is -0.478 e. The van der Waals surface area contributed by atoms with Crippen LogP contribution in [0.4, 0.5) is 0 Å². The number of hydrogen-bond donors (Lipinski definition) is 2. The Hall–Kier alpha value is -1.85. The summed E-state index contributed by atoms with van der Waals surface area (Å²) >= 11 is 0. The first-order valence-corrected chi connectivity index (χ1v) is 6.98. The van der Waals surface area contributed by atoms with Crippen LogP contribution in [0.5, 0.6) is 0 Å². The number of rotatable bonds is 3. The van der Waals surface area contributed by atoms with Crippen LogP contribution in [0.2, 0.25) is 0 Å². The summed E-state index contributed by atoms with van der Waals surface area (Å²) in [6, 6.07) is 0.0998. The lowest BCUT2D eigenvalue weighted by Crippen LogP contribution is -2.44. The summed E-state index contributed by atoms with van der Waals surface area (Å²) in [5, 5.41) is 15.9. The number of aromatic carboxylic acids is 1. The Morgan fingerprint density at radius 1 is 1.40 bits per heavy atom. The molecule has 0 spiro atoms. The molecule has 0 aliphatic heterocycles. The van der Waals surface area contributed by atoms with E-state index in [-0.39, 0.29) is 23.2 Å². The van der Waals surface area contributed by atoms with Gasteiger partial charge in [0.05, 0.1) is 6.20 Å². The minimum absolute atomic E-state index is 0.0542. The molecule has 0 bridgehead atoms. The number of aryl methyl sites for hydroxylation is 1. The summed E-state index contributed by atoms with van der Waals surface area (Å²) in [6.07, 6.45) is 4.43. The van der Waals surface area contributed by atoms with E-state index in [9.17, 15) is 9.59 Å². The first-order chi connectivity index (χ1) is 9.41. The normalized spacial score (nSPS) is 26.2. The van der Waals surface area contributed by atoms with Crippen LogP contribution in [0.3, 0.4) is 0 Å². The fourth-order valence-electron chi connectivity index (χ4n) is 2.89. The number of hydrogen-bond acceptors (Lipinski definition) is 3. The van der Waals surface area contributed by atoms with E-state index < -0.39 is 5.97 Å². The van der Waals surface area contributed by atoms with Crippen molar-refractivity contribution < 1.29 is 14.7 Å². The monoisotopic (exact) mass is 279 g/mol. The lowest BCUT2D eigenvalue weighted by Gasteiger charge is -2.34. The quantitative estimate of drug-likeness (QED) is 0.881. The van der Waals surface area contributed by atoms with Crippen molar-refractivity contribution in [2.45, 2.75) is 39.2 Å². The van der Waals surface area contributed by atoms with Gasteiger partial charge in [0.1, 0.15) is 11.3 Å². The number of carbonyl (C=O) groups is 2. The van der Waals surface area contributed by atoms with E-state index in [0.29, 0.717) is 11.8 Å². The fraction of sp³-hybridized carbons (Fsp3) is 0.643. The van der Waals surface area contributed by atoms with Crippen molar-refractivity contribution in [2.75, 3.05) is 0 Å². The SMILES string of the molecule is C[C@H]1[C@H](C)CCC[C@@H]1NC(=O)c1c(C(=O)O)cnn1C. The highest BCUT2D eigenvalue weighted by Crippen LogP contribution is 2.29. The zero-order chi connectivity index (χ0) is 14.9. The Morgan fingerprint density at radius 3 is 2.75 bits per heavy atom. The number of carboxylic acid groups (broad SMARTS) is 1. The van der Waals surface area contributed by atoms with Gasteiger partial charge in [0.25, 0.3) is 5.91 Å². The Morgan fingerprint density at radius 2 is 2.10 bits per heavy atom. The van der Waals surface area contributed by atoms with Gasteiger partial charge in [-0.3, -0.25) is 9.48 Å². The zero-order valence-corrected chi connectivity index (χ0v) is 12.1. The van der Waals surface area contributed by atoms with Crippen LogP contribution < -0.4 is 5.32 Å². The molecule has 1 aromatic rings. The number of nitrogens with zero attached hydrogens (tertiary/aromatic N) is 2. The maximum atomic E-state index is 12.3. The van der Waals surface area contributed by atoms with E-state index >= 15 is 0 Å². The molecule has 6 heteroatoms. The van der Waals surface area contributed by atoms with Crippen LogP contribution in [0.15, 0.2) is 6.20 Å². The summed E-state index contributed by atoms with van der Waals surface area (Å²) in [6.45, 7) is 4.33. The maximum absolute atomic E-state index is 12.3. The molecule has 0 saturated heterocycles. The predicted molar refractivity (Wildman–Crippen MR) is 73.6 cm³/mol. The van der Waals surface area contributed by atoms with E-state index in [2.05, 4.69) is 24.3 Å². The number of amides is 1. The average Bonchev–Trinajstić information content (AvgIpc) is 2.77. The summed E-state index contributed by atoms with van der Waals surface area (Å²) < 4.78 is 1.32. The molecular formula is C14H21N3O3.